The molecule has 0 fully saturated rings. The number of rotatable bonds is 11. The highest BCUT2D eigenvalue weighted by atomic mass is 16.4. The monoisotopic (exact) mass is 300 g/mol. The van der Waals surface area contributed by atoms with Gasteiger partial charge in [0.2, 0.25) is 0 Å². The van der Waals surface area contributed by atoms with E-state index in [0.29, 0.717) is 18.9 Å². The number of carboxylic acids is 1. The predicted octanol–water partition coefficient (Wildman–Crippen LogP) is 5.18. The smallest absolute Gasteiger partial charge is 0.303 e. The number of allylic oxidation sites excluding steroid dienone is 2. The summed E-state index contributed by atoms with van der Waals surface area (Å²) in [4.78, 5) is 10.0. The van der Waals surface area contributed by atoms with Crippen molar-refractivity contribution in [2.24, 2.45) is 5.92 Å². The zero-order chi connectivity index (χ0) is 16.5. The van der Waals surface area contributed by atoms with Crippen LogP contribution in [-0.4, -0.2) is 22.8 Å². The van der Waals surface area contributed by atoms with Crippen LogP contribution in [0.25, 0.3) is 0 Å². The number of aliphatic carboxylic acids is 1. The van der Waals surface area contributed by atoms with Gasteiger partial charge in [0.25, 0.3) is 0 Å². The Morgan fingerprint density at radius 3 is 2.19 bits per heavy atom. The molecule has 3 nitrogen and oxygen atoms in total. The van der Waals surface area contributed by atoms with Crippen molar-refractivity contribution in [3.8, 4) is 0 Å². The summed E-state index contributed by atoms with van der Waals surface area (Å²) in [6.07, 6.45) is 11.4. The third-order valence-corrected chi connectivity index (χ3v) is 3.33. The van der Waals surface area contributed by atoms with Crippen molar-refractivity contribution in [1.82, 2.24) is 0 Å². The average molecular weight is 300 g/mol. The Morgan fingerprint density at radius 2 is 1.71 bits per heavy atom. The second-order valence-corrected chi connectivity index (χ2v) is 6.03. The Kier molecular flexibility index (Phi) is 18.4. The SMILES string of the molecule is CC(C)=CCCC(C)CCO.CCCCCCCC(=O)O. The Labute approximate surface area is 131 Å². The lowest BCUT2D eigenvalue weighted by atomic mass is 10.0. The van der Waals surface area contributed by atoms with E-state index in [2.05, 4.69) is 33.8 Å². The molecule has 0 aliphatic carbocycles. The van der Waals surface area contributed by atoms with Crippen molar-refractivity contribution in [2.75, 3.05) is 6.61 Å². The molecule has 0 aromatic rings. The molecule has 3 heteroatoms. The topological polar surface area (TPSA) is 57.5 Å². The number of unbranched alkanes of at least 4 members (excludes halogenated alkanes) is 4. The van der Waals surface area contributed by atoms with Gasteiger partial charge in [0.05, 0.1) is 0 Å². The van der Waals surface area contributed by atoms with Gasteiger partial charge in [-0.25, -0.2) is 0 Å². The van der Waals surface area contributed by atoms with Crippen molar-refractivity contribution >= 4 is 5.97 Å². The first kappa shape index (κ1) is 22.5. The lowest BCUT2D eigenvalue weighted by molar-refractivity contribution is -0.137. The molecule has 126 valence electrons. The van der Waals surface area contributed by atoms with E-state index < -0.39 is 5.97 Å². The van der Waals surface area contributed by atoms with E-state index in [1.807, 2.05) is 0 Å². The normalized spacial score (nSPS) is 11.3. The Hall–Kier alpha value is -0.830. The number of aliphatic hydroxyl groups is 1. The van der Waals surface area contributed by atoms with Crippen molar-refractivity contribution < 1.29 is 15.0 Å². The van der Waals surface area contributed by atoms with E-state index in [-0.39, 0.29) is 0 Å². The number of aliphatic hydroxyl groups excluding tert-OH is 1. The Balaban J connectivity index is 0. The first-order valence-corrected chi connectivity index (χ1v) is 8.40. The zero-order valence-corrected chi connectivity index (χ0v) is 14.5. The molecule has 0 saturated heterocycles. The molecule has 0 heterocycles. The van der Waals surface area contributed by atoms with Gasteiger partial charge in [0.1, 0.15) is 0 Å². The molecule has 0 aliphatic heterocycles. The molecule has 0 aromatic heterocycles. The Morgan fingerprint density at radius 1 is 1.10 bits per heavy atom. The van der Waals surface area contributed by atoms with Crippen LogP contribution in [0.15, 0.2) is 11.6 Å². The molecule has 0 aromatic carbocycles. The summed E-state index contributed by atoms with van der Waals surface area (Å²) in [5.41, 5.74) is 1.39. The maximum atomic E-state index is 10.0. The summed E-state index contributed by atoms with van der Waals surface area (Å²) in [7, 11) is 0. The first-order valence-electron chi connectivity index (χ1n) is 8.40. The van der Waals surface area contributed by atoms with Crippen LogP contribution in [0, 0.1) is 5.92 Å². The summed E-state index contributed by atoms with van der Waals surface area (Å²) in [5, 5.41) is 16.9. The number of carbonyl (C=O) groups is 1. The van der Waals surface area contributed by atoms with Crippen LogP contribution in [0.3, 0.4) is 0 Å². The van der Waals surface area contributed by atoms with Crippen LogP contribution >= 0.6 is 0 Å². The standard InChI is InChI=1S/C10H20O.C8H16O2/c1-9(2)5-4-6-10(3)7-8-11;1-2-3-4-5-6-7-8(9)10/h5,10-11H,4,6-8H2,1-3H3;2-7H2,1H3,(H,9,10). The lowest BCUT2D eigenvalue weighted by Crippen LogP contribution is -1.96. The zero-order valence-electron chi connectivity index (χ0n) is 14.5. The largest absolute Gasteiger partial charge is 0.481 e. The van der Waals surface area contributed by atoms with Crippen molar-refractivity contribution in [3.63, 3.8) is 0 Å². The molecule has 0 bridgehead atoms. The van der Waals surface area contributed by atoms with Crippen LogP contribution in [0.4, 0.5) is 0 Å². The fraction of sp³-hybridized carbons (Fsp3) is 0.833. The van der Waals surface area contributed by atoms with Gasteiger partial charge < -0.3 is 10.2 Å². The highest BCUT2D eigenvalue weighted by Gasteiger charge is 1.98. The predicted molar refractivity (Wildman–Crippen MR) is 90.5 cm³/mol. The summed E-state index contributed by atoms with van der Waals surface area (Å²) in [6, 6.07) is 0. The quantitative estimate of drug-likeness (QED) is 0.408. The van der Waals surface area contributed by atoms with Crippen LogP contribution in [0.1, 0.15) is 85.5 Å². The van der Waals surface area contributed by atoms with Gasteiger partial charge in [-0.2, -0.15) is 0 Å². The summed E-state index contributed by atoms with van der Waals surface area (Å²) >= 11 is 0. The van der Waals surface area contributed by atoms with Crippen molar-refractivity contribution in [2.45, 2.75) is 85.5 Å². The second-order valence-electron chi connectivity index (χ2n) is 6.03. The molecular weight excluding hydrogens is 264 g/mol. The van der Waals surface area contributed by atoms with Gasteiger partial charge in [0, 0.05) is 13.0 Å². The molecule has 0 rings (SSSR count). The fourth-order valence-electron chi connectivity index (χ4n) is 1.90. The average Bonchev–Trinajstić information content (AvgIpc) is 2.39. The molecule has 0 amide bonds. The summed E-state index contributed by atoms with van der Waals surface area (Å²) < 4.78 is 0. The van der Waals surface area contributed by atoms with Gasteiger partial charge >= 0.3 is 5.97 Å². The molecule has 0 aliphatic rings. The third kappa shape index (κ3) is 24.6. The van der Waals surface area contributed by atoms with E-state index in [1.54, 1.807) is 0 Å². The van der Waals surface area contributed by atoms with E-state index >= 15 is 0 Å². The van der Waals surface area contributed by atoms with E-state index in [1.165, 1.54) is 31.3 Å². The van der Waals surface area contributed by atoms with Gasteiger partial charge in [0.15, 0.2) is 0 Å². The maximum absolute atomic E-state index is 10.0. The molecule has 21 heavy (non-hydrogen) atoms. The molecule has 0 spiro atoms. The highest BCUT2D eigenvalue weighted by molar-refractivity contribution is 5.66. The van der Waals surface area contributed by atoms with Crippen LogP contribution < -0.4 is 0 Å². The molecule has 0 saturated carbocycles. The molecule has 2 N–H and O–H groups in total. The summed E-state index contributed by atoms with van der Waals surface area (Å²) in [6.45, 7) is 8.91. The lowest BCUT2D eigenvalue weighted by Gasteiger charge is -2.06. The number of carboxylic acid groups (broad SMARTS) is 1. The minimum absolute atomic E-state index is 0.329. The van der Waals surface area contributed by atoms with Gasteiger partial charge in [-0.05, 0) is 45.4 Å². The van der Waals surface area contributed by atoms with E-state index in [4.69, 9.17) is 10.2 Å². The molecule has 1 atom stereocenters. The van der Waals surface area contributed by atoms with Crippen LogP contribution in [0.5, 0.6) is 0 Å². The number of hydrogen-bond acceptors (Lipinski definition) is 2. The molecule has 1 unspecified atom stereocenters. The van der Waals surface area contributed by atoms with Crippen LogP contribution in [0.2, 0.25) is 0 Å². The van der Waals surface area contributed by atoms with Gasteiger partial charge in [-0.3, -0.25) is 4.79 Å². The van der Waals surface area contributed by atoms with Crippen LogP contribution in [-0.2, 0) is 4.79 Å². The first-order chi connectivity index (χ1) is 9.93. The maximum Gasteiger partial charge on any atom is 0.303 e. The minimum atomic E-state index is -0.670. The Bertz CT molecular complexity index is 255. The number of hydrogen-bond donors (Lipinski definition) is 2. The van der Waals surface area contributed by atoms with E-state index in [9.17, 15) is 4.79 Å². The van der Waals surface area contributed by atoms with Gasteiger partial charge in [-0.15, -0.1) is 0 Å². The fourth-order valence-corrected chi connectivity index (χ4v) is 1.90. The van der Waals surface area contributed by atoms with Crippen molar-refractivity contribution in [3.05, 3.63) is 11.6 Å². The molecule has 0 radical (unpaired) electrons. The van der Waals surface area contributed by atoms with Gasteiger partial charge in [-0.1, -0.05) is 51.2 Å². The third-order valence-electron chi connectivity index (χ3n) is 3.33. The minimum Gasteiger partial charge on any atom is -0.481 e. The molecular formula is C18H36O3. The second kappa shape index (κ2) is 17.2. The summed E-state index contributed by atoms with van der Waals surface area (Å²) in [5.74, 6) is -0.00732. The van der Waals surface area contributed by atoms with E-state index in [0.717, 1.165) is 25.7 Å². The highest BCUT2D eigenvalue weighted by Crippen LogP contribution is 2.10. The van der Waals surface area contributed by atoms with Crippen molar-refractivity contribution in [1.29, 1.82) is 0 Å².